The highest BCUT2D eigenvalue weighted by atomic mass is 19.3. The Labute approximate surface area is 94.9 Å². The van der Waals surface area contributed by atoms with Crippen LogP contribution in [0.25, 0.3) is 0 Å². The van der Waals surface area contributed by atoms with E-state index in [1.165, 1.54) is 0 Å². The Balaban J connectivity index is 2.02. The molecule has 4 unspecified atom stereocenters. The summed E-state index contributed by atoms with van der Waals surface area (Å²) in [5, 5.41) is 0. The maximum atomic E-state index is 13.8. The van der Waals surface area contributed by atoms with Gasteiger partial charge >= 0.3 is 6.11 Å². The normalized spacial score (nSPS) is 49.1. The number of alkyl halides is 2. The zero-order valence-electron chi connectivity index (χ0n) is 9.64. The van der Waals surface area contributed by atoms with Gasteiger partial charge in [-0.2, -0.15) is 8.78 Å². The summed E-state index contributed by atoms with van der Waals surface area (Å²) in [4.78, 5) is 0. The van der Waals surface area contributed by atoms with Crippen molar-refractivity contribution in [1.82, 2.24) is 0 Å². The van der Waals surface area contributed by atoms with Gasteiger partial charge in [-0.1, -0.05) is 12.2 Å². The van der Waals surface area contributed by atoms with E-state index in [4.69, 9.17) is 4.74 Å². The number of ether oxygens (including phenoxy) is 1. The quantitative estimate of drug-likeness (QED) is 0.621. The van der Waals surface area contributed by atoms with Crippen LogP contribution in [-0.4, -0.2) is 12.2 Å². The average molecular weight is 228 g/mol. The first-order chi connectivity index (χ1) is 7.41. The van der Waals surface area contributed by atoms with Crippen molar-refractivity contribution in [3.05, 3.63) is 12.2 Å². The molecular formula is C13H18F2O. The van der Waals surface area contributed by atoms with Crippen LogP contribution >= 0.6 is 0 Å². The molecular weight excluding hydrogens is 210 g/mol. The Kier molecular flexibility index (Phi) is 2.05. The molecule has 0 aromatic heterocycles. The highest BCUT2D eigenvalue weighted by Gasteiger charge is 2.59. The molecule has 4 rings (SSSR count). The number of halogens is 2. The standard InChI is InChI=1S/C13H18F2O/c1-8(2)12-5-9-3-10(6-12)13(14,15)16-11(4-9)7-12/h9-11H,1,3-7H2,2H3. The zero-order chi connectivity index (χ0) is 11.6. The van der Waals surface area contributed by atoms with E-state index in [0.717, 1.165) is 24.8 Å². The number of hydrogen-bond donors (Lipinski definition) is 0. The third-order valence-corrected chi connectivity index (χ3v) is 4.85. The van der Waals surface area contributed by atoms with Gasteiger partial charge in [0.25, 0.3) is 0 Å². The number of hydrogen-bond acceptors (Lipinski definition) is 1. The third kappa shape index (κ3) is 1.37. The second-order valence-electron chi connectivity index (χ2n) is 6.01. The maximum Gasteiger partial charge on any atom is 0.358 e. The van der Waals surface area contributed by atoms with Gasteiger partial charge < -0.3 is 4.74 Å². The molecule has 0 aromatic rings. The minimum Gasteiger partial charge on any atom is -0.317 e. The molecule has 2 saturated heterocycles. The van der Waals surface area contributed by atoms with Crippen LogP contribution in [0.4, 0.5) is 8.78 Å². The predicted molar refractivity (Wildman–Crippen MR) is 57.1 cm³/mol. The molecule has 2 aliphatic heterocycles. The van der Waals surface area contributed by atoms with Crippen molar-refractivity contribution in [1.29, 1.82) is 0 Å². The lowest BCUT2D eigenvalue weighted by Gasteiger charge is -2.47. The molecule has 0 radical (unpaired) electrons. The third-order valence-electron chi connectivity index (χ3n) is 4.85. The summed E-state index contributed by atoms with van der Waals surface area (Å²) >= 11 is 0. The molecule has 90 valence electrons. The van der Waals surface area contributed by atoms with Crippen molar-refractivity contribution in [2.24, 2.45) is 17.3 Å². The largest absolute Gasteiger partial charge is 0.358 e. The Morgan fingerprint density at radius 2 is 2.00 bits per heavy atom. The molecule has 0 amide bonds. The van der Waals surface area contributed by atoms with Crippen LogP contribution in [0, 0.1) is 17.3 Å². The SMILES string of the molecule is C=C(C)C12CC3CC(C1)OC(F)(F)C(C3)C2. The van der Waals surface area contributed by atoms with Crippen LogP contribution in [0.2, 0.25) is 0 Å². The second kappa shape index (κ2) is 3.06. The second-order valence-corrected chi connectivity index (χ2v) is 6.01. The molecule has 1 nitrogen and oxygen atoms in total. The molecule has 3 heteroatoms. The van der Waals surface area contributed by atoms with Crippen LogP contribution in [0.15, 0.2) is 12.2 Å². The maximum absolute atomic E-state index is 13.8. The predicted octanol–water partition coefficient (Wildman–Crippen LogP) is 3.75. The summed E-state index contributed by atoms with van der Waals surface area (Å²) in [6.45, 7) is 6.03. The lowest BCUT2D eigenvalue weighted by molar-refractivity contribution is -0.281. The van der Waals surface area contributed by atoms with E-state index in [2.05, 4.69) is 6.58 Å². The monoisotopic (exact) mass is 228 g/mol. The number of rotatable bonds is 1. The zero-order valence-corrected chi connectivity index (χ0v) is 9.64. The molecule has 2 heterocycles. The Bertz CT molecular complexity index is 339. The van der Waals surface area contributed by atoms with E-state index < -0.39 is 12.0 Å². The number of allylic oxidation sites excluding steroid dienone is 1. The molecule has 4 atom stereocenters. The van der Waals surface area contributed by atoms with E-state index in [1.54, 1.807) is 0 Å². The van der Waals surface area contributed by atoms with E-state index in [0.29, 0.717) is 18.8 Å². The first kappa shape index (κ1) is 10.7. The molecule has 0 spiro atoms. The molecule has 16 heavy (non-hydrogen) atoms. The van der Waals surface area contributed by atoms with Crippen molar-refractivity contribution < 1.29 is 13.5 Å². The van der Waals surface area contributed by atoms with Gasteiger partial charge in [0.2, 0.25) is 0 Å². The van der Waals surface area contributed by atoms with E-state index in [-0.39, 0.29) is 11.5 Å². The van der Waals surface area contributed by atoms with Crippen LogP contribution < -0.4 is 0 Å². The van der Waals surface area contributed by atoms with E-state index in [1.807, 2.05) is 6.92 Å². The van der Waals surface area contributed by atoms with Gasteiger partial charge in [0, 0.05) is 0 Å². The fraction of sp³-hybridized carbons (Fsp3) is 0.846. The Morgan fingerprint density at radius 1 is 1.25 bits per heavy atom. The highest BCUT2D eigenvalue weighted by molar-refractivity contribution is 5.15. The van der Waals surface area contributed by atoms with Crippen LogP contribution in [0.1, 0.15) is 39.0 Å². The van der Waals surface area contributed by atoms with Crippen molar-refractivity contribution in [3.63, 3.8) is 0 Å². The van der Waals surface area contributed by atoms with Gasteiger partial charge in [0.15, 0.2) is 0 Å². The molecule has 2 aliphatic carbocycles. The van der Waals surface area contributed by atoms with Crippen molar-refractivity contribution in [3.8, 4) is 0 Å². The molecule has 2 saturated carbocycles. The fourth-order valence-corrected chi connectivity index (χ4v) is 4.10. The molecule has 4 fully saturated rings. The first-order valence-electron chi connectivity index (χ1n) is 6.13. The summed E-state index contributed by atoms with van der Waals surface area (Å²) in [6, 6.07) is 0. The summed E-state index contributed by atoms with van der Waals surface area (Å²) < 4.78 is 32.6. The molecule has 0 N–H and O–H groups in total. The fourth-order valence-electron chi connectivity index (χ4n) is 4.10. The van der Waals surface area contributed by atoms with Gasteiger partial charge in [-0.25, -0.2) is 0 Å². The minimum absolute atomic E-state index is 0.0591. The lowest BCUT2D eigenvalue weighted by atomic mass is 9.56. The summed E-state index contributed by atoms with van der Waals surface area (Å²) in [5.74, 6) is -0.168. The topological polar surface area (TPSA) is 9.23 Å². The summed E-state index contributed by atoms with van der Waals surface area (Å²) in [7, 11) is 0. The smallest absolute Gasteiger partial charge is 0.317 e. The Hall–Kier alpha value is -0.440. The lowest BCUT2D eigenvalue weighted by Crippen LogP contribution is -2.41. The van der Waals surface area contributed by atoms with Crippen LogP contribution in [0.5, 0.6) is 0 Å². The van der Waals surface area contributed by atoms with Crippen molar-refractivity contribution >= 4 is 0 Å². The molecule has 4 aliphatic rings. The van der Waals surface area contributed by atoms with Gasteiger partial charge in [-0.3, -0.25) is 0 Å². The van der Waals surface area contributed by atoms with Gasteiger partial charge in [-0.05, 0) is 50.4 Å². The minimum atomic E-state index is -2.91. The van der Waals surface area contributed by atoms with Gasteiger partial charge in [-0.15, -0.1) is 0 Å². The molecule has 4 bridgehead atoms. The highest BCUT2D eigenvalue weighted by Crippen LogP contribution is 2.61. The van der Waals surface area contributed by atoms with Gasteiger partial charge in [0.05, 0.1) is 12.0 Å². The van der Waals surface area contributed by atoms with E-state index in [9.17, 15) is 8.78 Å². The van der Waals surface area contributed by atoms with Crippen LogP contribution in [0.3, 0.4) is 0 Å². The average Bonchev–Trinajstić information content (AvgIpc) is 2.26. The summed E-state index contributed by atoms with van der Waals surface area (Å²) in [6.07, 6.45) is 0.677. The van der Waals surface area contributed by atoms with Crippen molar-refractivity contribution in [2.75, 3.05) is 0 Å². The first-order valence-corrected chi connectivity index (χ1v) is 6.13. The van der Waals surface area contributed by atoms with E-state index >= 15 is 0 Å². The Morgan fingerprint density at radius 3 is 2.69 bits per heavy atom. The summed E-state index contributed by atoms with van der Waals surface area (Å²) in [5.41, 5.74) is 1.02. The van der Waals surface area contributed by atoms with Crippen LogP contribution in [-0.2, 0) is 4.74 Å². The molecule has 0 aromatic carbocycles. The van der Waals surface area contributed by atoms with Crippen molar-refractivity contribution in [2.45, 2.75) is 51.2 Å². The number of fused-ring (bicyclic) bond motifs is 1. The van der Waals surface area contributed by atoms with Gasteiger partial charge in [0.1, 0.15) is 0 Å².